The van der Waals surface area contributed by atoms with Crippen LogP contribution in [-0.2, 0) is 14.9 Å². The van der Waals surface area contributed by atoms with E-state index < -0.39 is 33.9 Å². The zero-order valence-electron chi connectivity index (χ0n) is 9.67. The van der Waals surface area contributed by atoms with Gasteiger partial charge in [-0.1, -0.05) is 6.92 Å². The molecule has 0 saturated heterocycles. The minimum Gasteiger partial charge on any atom is -0.748 e. The summed E-state index contributed by atoms with van der Waals surface area (Å²) in [4.78, 5) is 10.1. The summed E-state index contributed by atoms with van der Waals surface area (Å²) in [7, 11) is -4.46. The van der Waals surface area contributed by atoms with Crippen LogP contribution in [0.1, 0.15) is 19.8 Å². The maximum atomic E-state index is 10.2. The van der Waals surface area contributed by atoms with E-state index in [0.29, 0.717) is 0 Å². The van der Waals surface area contributed by atoms with Gasteiger partial charge in [0.25, 0.3) is 0 Å². The van der Waals surface area contributed by atoms with Crippen LogP contribution in [0.4, 0.5) is 0 Å². The van der Waals surface area contributed by atoms with E-state index in [2.05, 4.69) is 0 Å². The molecule has 2 atom stereocenters. The second-order valence-electron chi connectivity index (χ2n) is 3.30. The third-order valence-corrected chi connectivity index (χ3v) is 2.38. The molecule has 0 aromatic rings. The maximum Gasteiger partial charge on any atom is 1.00 e. The van der Waals surface area contributed by atoms with Crippen LogP contribution in [0, 0.1) is 5.92 Å². The van der Waals surface area contributed by atoms with Gasteiger partial charge in [0, 0.05) is 5.97 Å². The normalized spacial score (nSPS) is 14.2. The Balaban J connectivity index is -0.000000845. The van der Waals surface area contributed by atoms with Gasteiger partial charge in [0.1, 0.15) is 0 Å². The molecule has 0 saturated carbocycles. The van der Waals surface area contributed by atoms with Crippen molar-refractivity contribution in [3.8, 4) is 0 Å². The Hall–Kier alpha value is 1.34. The molecule has 0 radical (unpaired) electrons. The molecular formula is C7H12Na2O6S. The summed E-state index contributed by atoms with van der Waals surface area (Å²) in [6.45, 7) is 1.52. The van der Waals surface area contributed by atoms with E-state index >= 15 is 0 Å². The molecule has 0 aromatic heterocycles. The van der Waals surface area contributed by atoms with Gasteiger partial charge in [-0.25, -0.2) is 8.42 Å². The minimum atomic E-state index is -4.46. The molecule has 0 spiro atoms. The van der Waals surface area contributed by atoms with Crippen molar-refractivity contribution in [2.75, 3.05) is 5.75 Å². The molecule has 0 rings (SSSR count). The monoisotopic (exact) mass is 270 g/mol. The number of aliphatic carboxylic acids is 1. The molecule has 0 heterocycles. The van der Waals surface area contributed by atoms with Crippen LogP contribution < -0.4 is 64.2 Å². The van der Waals surface area contributed by atoms with Crippen molar-refractivity contribution in [2.45, 2.75) is 25.9 Å². The number of aliphatic hydroxyl groups excluding tert-OH is 1. The molecule has 0 aromatic carbocycles. The summed E-state index contributed by atoms with van der Waals surface area (Å²) in [5.74, 6) is -2.57. The Bertz CT molecular complexity index is 291. The van der Waals surface area contributed by atoms with E-state index in [4.69, 9.17) is 5.11 Å². The molecule has 0 fully saturated rings. The van der Waals surface area contributed by atoms with Gasteiger partial charge in [0.05, 0.1) is 22.0 Å². The van der Waals surface area contributed by atoms with Crippen LogP contribution >= 0.6 is 0 Å². The first kappa shape index (κ1) is 22.5. The number of hydrogen-bond acceptors (Lipinski definition) is 6. The van der Waals surface area contributed by atoms with Crippen LogP contribution in [0.25, 0.3) is 0 Å². The van der Waals surface area contributed by atoms with Gasteiger partial charge >= 0.3 is 59.1 Å². The fourth-order valence-corrected chi connectivity index (χ4v) is 1.74. The van der Waals surface area contributed by atoms with Crippen molar-refractivity contribution >= 4 is 16.1 Å². The molecule has 0 amide bonds. The molecule has 1 N–H and O–H groups in total. The van der Waals surface area contributed by atoms with Crippen molar-refractivity contribution in [3.63, 3.8) is 0 Å². The van der Waals surface area contributed by atoms with Gasteiger partial charge in [0.2, 0.25) is 0 Å². The van der Waals surface area contributed by atoms with Crippen molar-refractivity contribution in [3.05, 3.63) is 0 Å². The average Bonchev–Trinajstić information content (AvgIpc) is 1.77. The summed E-state index contributed by atoms with van der Waals surface area (Å²) < 4.78 is 30.6. The predicted octanol–water partition coefficient (Wildman–Crippen LogP) is -7.93. The van der Waals surface area contributed by atoms with Crippen LogP contribution in [0.5, 0.6) is 0 Å². The quantitative estimate of drug-likeness (QED) is 0.378. The van der Waals surface area contributed by atoms with E-state index in [-0.39, 0.29) is 72.0 Å². The van der Waals surface area contributed by atoms with Crippen LogP contribution in [0.3, 0.4) is 0 Å². The first-order valence-corrected chi connectivity index (χ1v) is 5.60. The molecule has 0 aliphatic rings. The molecule has 2 unspecified atom stereocenters. The zero-order valence-corrected chi connectivity index (χ0v) is 14.5. The first-order chi connectivity index (χ1) is 6.20. The molecule has 0 aliphatic heterocycles. The number of aliphatic hydroxyl groups is 1. The summed E-state index contributed by atoms with van der Waals surface area (Å²) in [5.41, 5.74) is 0. The van der Waals surface area contributed by atoms with Gasteiger partial charge in [-0.2, -0.15) is 0 Å². The summed E-state index contributed by atoms with van der Waals surface area (Å²) in [6.07, 6.45) is -1.63. The minimum absolute atomic E-state index is 0. The zero-order chi connectivity index (χ0) is 11.4. The predicted molar refractivity (Wildman–Crippen MR) is 44.0 cm³/mol. The third-order valence-electron chi connectivity index (χ3n) is 1.59. The molecule has 84 valence electrons. The topological polar surface area (TPSA) is 118 Å². The molecule has 9 heteroatoms. The number of carboxylic acids is 1. The van der Waals surface area contributed by atoms with E-state index in [1.54, 1.807) is 0 Å². The Kier molecular flexibility index (Phi) is 14.5. The number of hydrogen-bond donors (Lipinski definition) is 1. The maximum absolute atomic E-state index is 10.2. The number of rotatable bonds is 6. The molecule has 0 bridgehead atoms. The van der Waals surface area contributed by atoms with Crippen molar-refractivity contribution < 1.29 is 87.1 Å². The van der Waals surface area contributed by atoms with Gasteiger partial charge in [-0.05, 0) is 18.8 Å². The molecule has 0 aliphatic carbocycles. The molecular weight excluding hydrogens is 258 g/mol. The SMILES string of the molecule is CC(CC(=O)[O-])CC(O)CS(=O)(=O)[O-].[Na+].[Na+]. The average molecular weight is 270 g/mol. The Labute approximate surface area is 139 Å². The Morgan fingerprint density at radius 3 is 2.12 bits per heavy atom. The van der Waals surface area contributed by atoms with E-state index in [9.17, 15) is 22.9 Å². The number of carbonyl (C=O) groups is 1. The van der Waals surface area contributed by atoms with Gasteiger partial charge in [-0.3, -0.25) is 0 Å². The standard InChI is InChI=1S/C7H14O6S.2Na/c1-5(3-7(9)10)2-6(8)4-14(11,12)13;;/h5-6,8H,2-4H2,1H3,(H,9,10)(H,11,12,13);;/q;2*+1/p-2. The molecule has 6 nitrogen and oxygen atoms in total. The van der Waals surface area contributed by atoms with Crippen molar-refractivity contribution in [2.24, 2.45) is 5.92 Å². The Morgan fingerprint density at radius 2 is 1.81 bits per heavy atom. The fraction of sp³-hybridized carbons (Fsp3) is 0.857. The second kappa shape index (κ2) is 10.3. The smallest absolute Gasteiger partial charge is 0.748 e. The van der Waals surface area contributed by atoms with Crippen LogP contribution in [0.2, 0.25) is 0 Å². The Morgan fingerprint density at radius 1 is 1.38 bits per heavy atom. The van der Waals surface area contributed by atoms with E-state index in [0.717, 1.165) is 0 Å². The third kappa shape index (κ3) is 15.3. The second-order valence-corrected chi connectivity index (χ2v) is 4.74. The van der Waals surface area contributed by atoms with E-state index in [1.807, 2.05) is 0 Å². The molecule has 16 heavy (non-hydrogen) atoms. The van der Waals surface area contributed by atoms with Crippen LogP contribution in [0.15, 0.2) is 0 Å². The van der Waals surface area contributed by atoms with Gasteiger partial charge in [-0.15, -0.1) is 0 Å². The van der Waals surface area contributed by atoms with Crippen LogP contribution in [-0.4, -0.2) is 35.9 Å². The number of carbonyl (C=O) groups excluding carboxylic acids is 1. The summed E-state index contributed by atoms with van der Waals surface area (Å²) >= 11 is 0. The van der Waals surface area contributed by atoms with Gasteiger partial charge in [0.15, 0.2) is 0 Å². The van der Waals surface area contributed by atoms with Gasteiger partial charge < -0.3 is 19.6 Å². The largest absolute Gasteiger partial charge is 1.00 e. The fourth-order valence-electron chi connectivity index (χ4n) is 1.14. The summed E-state index contributed by atoms with van der Waals surface area (Å²) in [5, 5.41) is 19.2. The van der Waals surface area contributed by atoms with Crippen molar-refractivity contribution in [1.29, 1.82) is 0 Å². The number of carboxylic acid groups (broad SMARTS) is 1. The van der Waals surface area contributed by atoms with E-state index in [1.165, 1.54) is 6.92 Å². The first-order valence-electron chi connectivity index (χ1n) is 4.02. The van der Waals surface area contributed by atoms with Crippen molar-refractivity contribution in [1.82, 2.24) is 0 Å². The summed E-state index contributed by atoms with van der Waals surface area (Å²) in [6, 6.07) is 0.